The van der Waals surface area contributed by atoms with Gasteiger partial charge in [0.05, 0.1) is 5.41 Å². The first-order chi connectivity index (χ1) is 8.16. The number of hydrogen-bond acceptors (Lipinski definition) is 3. The molecule has 1 amide bonds. The quantitative estimate of drug-likeness (QED) is 0.732. The van der Waals surface area contributed by atoms with Crippen LogP contribution in [-0.2, 0) is 4.79 Å². The summed E-state index contributed by atoms with van der Waals surface area (Å²) in [5.41, 5.74) is -0.0980. The first kappa shape index (κ1) is 12.8. The number of nitrogens with one attached hydrogen (secondary N) is 2. The summed E-state index contributed by atoms with van der Waals surface area (Å²) in [7, 11) is 4.08. The number of amides is 1. The highest BCUT2D eigenvalue weighted by Gasteiger charge is 2.43. The summed E-state index contributed by atoms with van der Waals surface area (Å²) >= 11 is 0. The SMILES string of the molecule is CNCC1(C(=O)NCC2CCN(C)C2)CCC1. The average molecular weight is 239 g/mol. The predicted octanol–water partition coefficient (Wildman–Crippen LogP) is 0.444. The van der Waals surface area contributed by atoms with Crippen molar-refractivity contribution in [3.63, 3.8) is 0 Å². The molecule has 1 aliphatic heterocycles. The van der Waals surface area contributed by atoms with E-state index in [0.29, 0.717) is 5.92 Å². The van der Waals surface area contributed by atoms with Crippen molar-refractivity contribution in [1.29, 1.82) is 0 Å². The average Bonchev–Trinajstić information content (AvgIpc) is 2.66. The summed E-state index contributed by atoms with van der Waals surface area (Å²) in [6.07, 6.45) is 4.51. The van der Waals surface area contributed by atoms with Crippen molar-refractivity contribution in [3.8, 4) is 0 Å². The Morgan fingerprint density at radius 3 is 2.71 bits per heavy atom. The number of nitrogens with zero attached hydrogens (tertiary/aromatic N) is 1. The summed E-state index contributed by atoms with van der Waals surface area (Å²) in [5.74, 6) is 0.920. The summed E-state index contributed by atoms with van der Waals surface area (Å²) in [6, 6.07) is 0. The lowest BCUT2D eigenvalue weighted by Crippen LogP contribution is -2.51. The maximum atomic E-state index is 12.2. The zero-order valence-electron chi connectivity index (χ0n) is 11.1. The van der Waals surface area contributed by atoms with Crippen molar-refractivity contribution in [2.24, 2.45) is 11.3 Å². The van der Waals surface area contributed by atoms with E-state index in [2.05, 4.69) is 22.6 Å². The molecule has 0 radical (unpaired) electrons. The molecule has 1 saturated heterocycles. The van der Waals surface area contributed by atoms with E-state index in [-0.39, 0.29) is 11.3 Å². The number of likely N-dealkylation sites (tertiary alicyclic amines) is 1. The molecule has 4 nitrogen and oxygen atoms in total. The van der Waals surface area contributed by atoms with Gasteiger partial charge < -0.3 is 15.5 Å². The molecule has 0 aromatic carbocycles. The second-order valence-corrected chi connectivity index (χ2v) is 5.79. The number of carbonyl (C=O) groups excluding carboxylic acids is 1. The van der Waals surface area contributed by atoms with Crippen molar-refractivity contribution in [1.82, 2.24) is 15.5 Å². The van der Waals surface area contributed by atoms with Crippen LogP contribution in [0.15, 0.2) is 0 Å². The van der Waals surface area contributed by atoms with Gasteiger partial charge in [-0.2, -0.15) is 0 Å². The van der Waals surface area contributed by atoms with Crippen molar-refractivity contribution in [2.75, 3.05) is 40.3 Å². The van der Waals surface area contributed by atoms with Crippen LogP contribution in [0.4, 0.5) is 0 Å². The molecule has 2 fully saturated rings. The van der Waals surface area contributed by atoms with Crippen LogP contribution in [0.25, 0.3) is 0 Å². The molecule has 98 valence electrons. The zero-order valence-corrected chi connectivity index (χ0v) is 11.1. The van der Waals surface area contributed by atoms with E-state index in [1.807, 2.05) is 7.05 Å². The molecule has 0 bridgehead atoms. The van der Waals surface area contributed by atoms with Gasteiger partial charge in [-0.25, -0.2) is 0 Å². The molecule has 2 rings (SSSR count). The van der Waals surface area contributed by atoms with Crippen LogP contribution < -0.4 is 10.6 Å². The fraction of sp³-hybridized carbons (Fsp3) is 0.923. The molecule has 0 aromatic rings. The van der Waals surface area contributed by atoms with Gasteiger partial charge >= 0.3 is 0 Å². The maximum Gasteiger partial charge on any atom is 0.227 e. The molecular weight excluding hydrogens is 214 g/mol. The largest absolute Gasteiger partial charge is 0.355 e. The van der Waals surface area contributed by atoms with Gasteiger partial charge in [0.25, 0.3) is 0 Å². The summed E-state index contributed by atoms with van der Waals surface area (Å²) < 4.78 is 0. The van der Waals surface area contributed by atoms with Gasteiger partial charge in [-0.15, -0.1) is 0 Å². The van der Waals surface area contributed by atoms with Crippen molar-refractivity contribution < 1.29 is 4.79 Å². The monoisotopic (exact) mass is 239 g/mol. The fourth-order valence-corrected chi connectivity index (χ4v) is 3.04. The van der Waals surface area contributed by atoms with E-state index in [9.17, 15) is 4.79 Å². The molecule has 17 heavy (non-hydrogen) atoms. The smallest absolute Gasteiger partial charge is 0.227 e. The lowest BCUT2D eigenvalue weighted by atomic mass is 9.68. The van der Waals surface area contributed by atoms with Crippen molar-refractivity contribution >= 4 is 5.91 Å². The predicted molar refractivity (Wildman–Crippen MR) is 68.8 cm³/mol. The van der Waals surface area contributed by atoms with Crippen LogP contribution in [0.3, 0.4) is 0 Å². The second-order valence-electron chi connectivity index (χ2n) is 5.79. The van der Waals surface area contributed by atoms with E-state index in [0.717, 1.165) is 32.5 Å². The Morgan fingerprint density at radius 1 is 1.47 bits per heavy atom. The number of rotatable bonds is 5. The van der Waals surface area contributed by atoms with E-state index < -0.39 is 0 Å². The lowest BCUT2D eigenvalue weighted by molar-refractivity contribution is -0.135. The topological polar surface area (TPSA) is 44.4 Å². The Balaban J connectivity index is 1.76. The van der Waals surface area contributed by atoms with Crippen LogP contribution in [0.5, 0.6) is 0 Å². The van der Waals surface area contributed by atoms with Gasteiger partial charge in [0.15, 0.2) is 0 Å². The van der Waals surface area contributed by atoms with Crippen LogP contribution >= 0.6 is 0 Å². The minimum Gasteiger partial charge on any atom is -0.355 e. The molecular formula is C13H25N3O. The van der Waals surface area contributed by atoms with Gasteiger partial charge in [-0.05, 0) is 45.8 Å². The van der Waals surface area contributed by atoms with E-state index in [4.69, 9.17) is 0 Å². The molecule has 0 aromatic heterocycles. The molecule has 1 atom stereocenters. The molecule has 0 spiro atoms. The van der Waals surface area contributed by atoms with E-state index >= 15 is 0 Å². The summed E-state index contributed by atoms with van der Waals surface area (Å²) in [6.45, 7) is 3.97. The molecule has 2 N–H and O–H groups in total. The first-order valence-corrected chi connectivity index (χ1v) is 6.78. The Labute approximate surface area is 104 Å². The van der Waals surface area contributed by atoms with Crippen LogP contribution in [0.1, 0.15) is 25.7 Å². The third-order valence-corrected chi connectivity index (χ3v) is 4.35. The molecule has 1 saturated carbocycles. The highest BCUT2D eigenvalue weighted by Crippen LogP contribution is 2.40. The normalized spacial score (nSPS) is 27.8. The maximum absolute atomic E-state index is 12.2. The second kappa shape index (κ2) is 5.36. The highest BCUT2D eigenvalue weighted by atomic mass is 16.2. The van der Waals surface area contributed by atoms with Crippen molar-refractivity contribution in [3.05, 3.63) is 0 Å². The van der Waals surface area contributed by atoms with E-state index in [1.165, 1.54) is 19.4 Å². The molecule has 2 aliphatic rings. The Hall–Kier alpha value is -0.610. The molecule has 1 unspecified atom stereocenters. The molecule has 1 aliphatic carbocycles. The lowest BCUT2D eigenvalue weighted by Gasteiger charge is -2.40. The van der Waals surface area contributed by atoms with Crippen molar-refractivity contribution in [2.45, 2.75) is 25.7 Å². The van der Waals surface area contributed by atoms with Gasteiger partial charge in [0.1, 0.15) is 0 Å². The molecule has 4 heteroatoms. The number of hydrogen-bond donors (Lipinski definition) is 2. The zero-order chi connectivity index (χ0) is 12.3. The minimum absolute atomic E-state index is 0.0980. The van der Waals surface area contributed by atoms with Gasteiger partial charge in [0.2, 0.25) is 5.91 Å². The van der Waals surface area contributed by atoms with Gasteiger partial charge in [-0.1, -0.05) is 6.42 Å². The van der Waals surface area contributed by atoms with Crippen LogP contribution in [0.2, 0.25) is 0 Å². The number of carbonyl (C=O) groups is 1. The Kier molecular flexibility index (Phi) is 4.05. The Bertz CT molecular complexity index is 276. The van der Waals surface area contributed by atoms with Crippen LogP contribution in [0, 0.1) is 11.3 Å². The van der Waals surface area contributed by atoms with Crippen LogP contribution in [-0.4, -0.2) is 51.1 Å². The Morgan fingerprint density at radius 2 is 2.24 bits per heavy atom. The van der Waals surface area contributed by atoms with E-state index in [1.54, 1.807) is 0 Å². The molecule has 1 heterocycles. The van der Waals surface area contributed by atoms with Gasteiger partial charge in [0, 0.05) is 19.6 Å². The standard InChI is InChI=1S/C13H25N3O/c1-14-10-13(5-3-6-13)12(17)15-8-11-4-7-16(2)9-11/h11,14H,3-10H2,1-2H3,(H,15,17). The summed E-state index contributed by atoms with van der Waals surface area (Å²) in [4.78, 5) is 14.5. The summed E-state index contributed by atoms with van der Waals surface area (Å²) in [5, 5.41) is 6.32. The highest BCUT2D eigenvalue weighted by molar-refractivity contribution is 5.83. The third kappa shape index (κ3) is 2.80. The minimum atomic E-state index is -0.0980. The fourth-order valence-electron chi connectivity index (χ4n) is 3.04. The first-order valence-electron chi connectivity index (χ1n) is 6.78. The third-order valence-electron chi connectivity index (χ3n) is 4.35. The van der Waals surface area contributed by atoms with Gasteiger partial charge in [-0.3, -0.25) is 4.79 Å².